The molecule has 1 unspecified atom stereocenters. The van der Waals surface area contributed by atoms with Gasteiger partial charge in [0, 0.05) is 19.0 Å². The number of nitrogens with one attached hydrogen (secondary N) is 1. The third-order valence-corrected chi connectivity index (χ3v) is 2.71. The van der Waals surface area contributed by atoms with Gasteiger partial charge in [0.25, 0.3) is 5.56 Å². The highest BCUT2D eigenvalue weighted by molar-refractivity contribution is 6.32. The zero-order valence-corrected chi connectivity index (χ0v) is 11.7. The molecular weight excluding hydrogens is 250 g/mol. The van der Waals surface area contributed by atoms with Crippen LogP contribution in [0.5, 0.6) is 0 Å². The molecule has 1 aromatic rings. The van der Waals surface area contributed by atoms with Crippen molar-refractivity contribution in [2.24, 2.45) is 5.92 Å². The largest absolute Gasteiger partial charge is 0.379 e. The second kappa shape index (κ2) is 6.46. The van der Waals surface area contributed by atoms with Crippen LogP contribution in [0.3, 0.4) is 0 Å². The fourth-order valence-electron chi connectivity index (χ4n) is 1.53. The third kappa shape index (κ3) is 3.78. The second-order valence-corrected chi connectivity index (χ2v) is 5.08. The lowest BCUT2D eigenvalue weighted by molar-refractivity contribution is 0.464. The molecule has 1 aromatic heterocycles. The molecule has 0 aliphatic heterocycles. The summed E-state index contributed by atoms with van der Waals surface area (Å²) in [5.41, 5.74) is 0.257. The Morgan fingerprint density at radius 3 is 2.78 bits per heavy atom. The Bertz CT molecular complexity index is 502. The molecule has 0 saturated carbocycles. The Morgan fingerprint density at radius 2 is 2.22 bits per heavy atom. The summed E-state index contributed by atoms with van der Waals surface area (Å²) in [6.07, 6.45) is 7.36. The van der Waals surface area contributed by atoms with Crippen molar-refractivity contribution >= 4 is 17.3 Å². The van der Waals surface area contributed by atoms with Crippen LogP contribution >= 0.6 is 11.6 Å². The monoisotopic (exact) mass is 267 g/mol. The molecule has 0 aliphatic rings. The maximum atomic E-state index is 12.0. The molecule has 1 atom stereocenters. The van der Waals surface area contributed by atoms with Crippen molar-refractivity contribution in [2.45, 2.75) is 39.8 Å². The number of halogens is 1. The lowest BCUT2D eigenvalue weighted by atomic mass is 10.2. The second-order valence-electron chi connectivity index (χ2n) is 4.71. The maximum Gasteiger partial charge on any atom is 0.287 e. The van der Waals surface area contributed by atoms with Crippen molar-refractivity contribution in [1.82, 2.24) is 9.78 Å². The Hall–Kier alpha value is -1.47. The SMILES string of the molecule is C#CCC(C)Nc1cnn(CC(C)C)c(=O)c1Cl. The molecule has 98 valence electrons. The van der Waals surface area contributed by atoms with E-state index in [0.717, 1.165) is 0 Å². The quantitative estimate of drug-likeness (QED) is 0.834. The predicted octanol–water partition coefficient (Wildman–Crippen LogP) is 2.38. The van der Waals surface area contributed by atoms with Gasteiger partial charge < -0.3 is 5.32 Å². The number of rotatable bonds is 5. The van der Waals surface area contributed by atoms with E-state index >= 15 is 0 Å². The van der Waals surface area contributed by atoms with Gasteiger partial charge in [-0.1, -0.05) is 25.4 Å². The molecule has 0 fully saturated rings. The van der Waals surface area contributed by atoms with Crippen molar-refractivity contribution in [2.75, 3.05) is 5.32 Å². The minimum absolute atomic E-state index is 0.0506. The molecule has 0 aromatic carbocycles. The number of hydrogen-bond donors (Lipinski definition) is 1. The highest BCUT2D eigenvalue weighted by Gasteiger charge is 2.11. The Kier molecular flexibility index (Phi) is 5.24. The van der Waals surface area contributed by atoms with Gasteiger partial charge >= 0.3 is 0 Å². The van der Waals surface area contributed by atoms with Gasteiger partial charge in [0.05, 0.1) is 11.9 Å². The molecule has 0 bridgehead atoms. The number of hydrogen-bond acceptors (Lipinski definition) is 3. The molecule has 0 aliphatic carbocycles. The highest BCUT2D eigenvalue weighted by atomic mass is 35.5. The number of anilines is 1. The zero-order valence-electron chi connectivity index (χ0n) is 10.9. The first-order valence-corrected chi connectivity index (χ1v) is 6.29. The molecule has 1 heterocycles. The summed E-state index contributed by atoms with van der Waals surface area (Å²) in [5.74, 6) is 2.89. The Morgan fingerprint density at radius 1 is 1.56 bits per heavy atom. The first-order valence-electron chi connectivity index (χ1n) is 5.91. The average Bonchev–Trinajstić information content (AvgIpc) is 2.29. The summed E-state index contributed by atoms with van der Waals surface area (Å²) < 4.78 is 1.38. The molecule has 1 rings (SSSR count). The minimum Gasteiger partial charge on any atom is -0.379 e. The fourth-order valence-corrected chi connectivity index (χ4v) is 1.74. The smallest absolute Gasteiger partial charge is 0.287 e. The number of terminal acetylenes is 1. The lowest BCUT2D eigenvalue weighted by Crippen LogP contribution is -2.27. The zero-order chi connectivity index (χ0) is 13.7. The average molecular weight is 268 g/mol. The number of aromatic nitrogens is 2. The van der Waals surface area contributed by atoms with Crippen molar-refractivity contribution in [3.8, 4) is 12.3 Å². The van der Waals surface area contributed by atoms with Crippen LogP contribution in [0.1, 0.15) is 27.2 Å². The fraction of sp³-hybridized carbons (Fsp3) is 0.538. The summed E-state index contributed by atoms with van der Waals surface area (Å²) in [4.78, 5) is 12.0. The van der Waals surface area contributed by atoms with Crippen LogP contribution in [0, 0.1) is 18.3 Å². The van der Waals surface area contributed by atoms with Crippen molar-refractivity contribution in [3.63, 3.8) is 0 Å². The van der Waals surface area contributed by atoms with Gasteiger partial charge in [0.1, 0.15) is 5.02 Å². The van der Waals surface area contributed by atoms with Gasteiger partial charge in [-0.3, -0.25) is 4.79 Å². The summed E-state index contributed by atoms with van der Waals surface area (Å²) in [5, 5.41) is 7.34. The molecule has 18 heavy (non-hydrogen) atoms. The Labute approximate surface area is 112 Å². The molecular formula is C13H18ClN3O. The van der Waals surface area contributed by atoms with E-state index in [1.54, 1.807) is 6.20 Å². The first kappa shape index (κ1) is 14.6. The normalized spacial score (nSPS) is 12.2. The summed E-state index contributed by atoms with van der Waals surface area (Å²) in [6.45, 7) is 6.51. The molecule has 0 spiro atoms. The van der Waals surface area contributed by atoms with E-state index in [-0.39, 0.29) is 16.6 Å². The van der Waals surface area contributed by atoms with Gasteiger partial charge in [-0.15, -0.1) is 12.3 Å². The van der Waals surface area contributed by atoms with Crippen LogP contribution in [0.25, 0.3) is 0 Å². The van der Waals surface area contributed by atoms with Crippen LogP contribution in [-0.2, 0) is 6.54 Å². The van der Waals surface area contributed by atoms with Gasteiger partial charge in [-0.05, 0) is 12.8 Å². The van der Waals surface area contributed by atoms with Gasteiger partial charge in [0.2, 0.25) is 0 Å². The van der Waals surface area contributed by atoms with Crippen LogP contribution < -0.4 is 10.9 Å². The standard InChI is InChI=1S/C13H18ClN3O/c1-5-6-10(4)16-11-7-15-17(8-9(2)3)13(18)12(11)14/h1,7,9-10,16H,6,8H2,2-4H3. The minimum atomic E-state index is -0.275. The van der Waals surface area contributed by atoms with Crippen molar-refractivity contribution in [3.05, 3.63) is 21.6 Å². The third-order valence-electron chi connectivity index (χ3n) is 2.35. The first-order chi connectivity index (χ1) is 8.45. The van der Waals surface area contributed by atoms with Crippen LogP contribution in [0.15, 0.2) is 11.0 Å². The molecule has 1 N–H and O–H groups in total. The molecule has 0 radical (unpaired) electrons. The van der Waals surface area contributed by atoms with E-state index in [0.29, 0.717) is 24.6 Å². The van der Waals surface area contributed by atoms with E-state index in [2.05, 4.69) is 16.3 Å². The lowest BCUT2D eigenvalue weighted by Gasteiger charge is -2.14. The van der Waals surface area contributed by atoms with E-state index in [9.17, 15) is 4.79 Å². The Balaban J connectivity index is 2.95. The highest BCUT2D eigenvalue weighted by Crippen LogP contribution is 2.17. The summed E-state index contributed by atoms with van der Waals surface area (Å²) in [7, 11) is 0. The number of nitrogens with zero attached hydrogens (tertiary/aromatic N) is 2. The van der Waals surface area contributed by atoms with Crippen molar-refractivity contribution in [1.29, 1.82) is 0 Å². The summed E-state index contributed by atoms with van der Waals surface area (Å²) in [6, 6.07) is 0.0506. The van der Waals surface area contributed by atoms with Gasteiger partial charge in [-0.2, -0.15) is 5.10 Å². The van der Waals surface area contributed by atoms with E-state index in [4.69, 9.17) is 18.0 Å². The maximum absolute atomic E-state index is 12.0. The van der Waals surface area contributed by atoms with E-state index < -0.39 is 0 Å². The van der Waals surface area contributed by atoms with Crippen LogP contribution in [0.2, 0.25) is 5.02 Å². The van der Waals surface area contributed by atoms with E-state index in [1.165, 1.54) is 4.68 Å². The summed E-state index contributed by atoms with van der Waals surface area (Å²) >= 11 is 6.04. The van der Waals surface area contributed by atoms with E-state index in [1.807, 2.05) is 20.8 Å². The predicted molar refractivity (Wildman–Crippen MR) is 74.9 cm³/mol. The molecule has 5 heteroatoms. The molecule has 4 nitrogen and oxygen atoms in total. The van der Waals surface area contributed by atoms with Gasteiger partial charge in [0.15, 0.2) is 0 Å². The molecule has 0 amide bonds. The van der Waals surface area contributed by atoms with Gasteiger partial charge in [-0.25, -0.2) is 4.68 Å². The van der Waals surface area contributed by atoms with Crippen LogP contribution in [0.4, 0.5) is 5.69 Å². The van der Waals surface area contributed by atoms with Crippen molar-refractivity contribution < 1.29 is 0 Å². The topological polar surface area (TPSA) is 46.9 Å². The molecule has 0 saturated heterocycles. The van der Waals surface area contributed by atoms with Crippen LogP contribution in [-0.4, -0.2) is 15.8 Å².